The molecule has 2 fully saturated rings. The molecular formula is C13H26N2. The van der Waals surface area contributed by atoms with Gasteiger partial charge in [0.2, 0.25) is 0 Å². The number of nitrogens with zero attached hydrogens (tertiary/aromatic N) is 1. The smallest absolute Gasteiger partial charge is 0.000969 e. The monoisotopic (exact) mass is 210 g/mol. The van der Waals surface area contributed by atoms with Crippen molar-refractivity contribution in [3.8, 4) is 0 Å². The van der Waals surface area contributed by atoms with E-state index in [4.69, 9.17) is 5.73 Å². The quantitative estimate of drug-likeness (QED) is 0.755. The normalized spacial score (nSPS) is 40.4. The molecule has 0 amide bonds. The van der Waals surface area contributed by atoms with Gasteiger partial charge in [-0.3, -0.25) is 0 Å². The molecule has 0 aromatic rings. The Bertz CT molecular complexity index is 207. The zero-order valence-electron chi connectivity index (χ0n) is 10.5. The van der Waals surface area contributed by atoms with Gasteiger partial charge in [-0.2, -0.15) is 0 Å². The Morgan fingerprint density at radius 2 is 1.73 bits per heavy atom. The maximum absolute atomic E-state index is 5.75. The van der Waals surface area contributed by atoms with Crippen LogP contribution in [0.5, 0.6) is 0 Å². The third kappa shape index (κ3) is 2.36. The van der Waals surface area contributed by atoms with E-state index in [9.17, 15) is 0 Å². The van der Waals surface area contributed by atoms with Crippen molar-refractivity contribution >= 4 is 0 Å². The average molecular weight is 210 g/mol. The van der Waals surface area contributed by atoms with Crippen LogP contribution in [0, 0.1) is 23.2 Å². The van der Waals surface area contributed by atoms with Gasteiger partial charge < -0.3 is 10.6 Å². The molecule has 2 rings (SSSR count). The summed E-state index contributed by atoms with van der Waals surface area (Å²) < 4.78 is 0. The fourth-order valence-electron chi connectivity index (χ4n) is 4.13. The highest BCUT2D eigenvalue weighted by Crippen LogP contribution is 2.48. The van der Waals surface area contributed by atoms with Crippen molar-refractivity contribution in [1.29, 1.82) is 0 Å². The van der Waals surface area contributed by atoms with Crippen molar-refractivity contribution in [3.63, 3.8) is 0 Å². The molecule has 1 saturated carbocycles. The summed E-state index contributed by atoms with van der Waals surface area (Å²) in [5.41, 5.74) is 6.32. The molecule has 2 bridgehead atoms. The van der Waals surface area contributed by atoms with E-state index in [1.165, 1.54) is 32.4 Å². The Kier molecular flexibility index (Phi) is 3.09. The van der Waals surface area contributed by atoms with E-state index < -0.39 is 0 Å². The summed E-state index contributed by atoms with van der Waals surface area (Å²) in [5, 5.41) is 0. The molecule has 2 unspecified atom stereocenters. The molecule has 2 heteroatoms. The maximum Gasteiger partial charge on any atom is 0.000969 e. The highest BCUT2D eigenvalue weighted by atomic mass is 15.1. The molecule has 88 valence electrons. The third-order valence-corrected chi connectivity index (χ3v) is 4.43. The largest absolute Gasteiger partial charge is 0.330 e. The SMILES string of the molecule is CN1CC2CC(C)(C)CC(C1)C2CCN. The molecule has 0 aromatic heterocycles. The fraction of sp³-hybridized carbons (Fsp3) is 1.00. The third-order valence-electron chi connectivity index (χ3n) is 4.43. The fourth-order valence-corrected chi connectivity index (χ4v) is 4.13. The minimum atomic E-state index is 0.571. The predicted molar refractivity (Wildman–Crippen MR) is 64.7 cm³/mol. The van der Waals surface area contributed by atoms with Crippen molar-refractivity contribution in [3.05, 3.63) is 0 Å². The van der Waals surface area contributed by atoms with Gasteiger partial charge >= 0.3 is 0 Å². The van der Waals surface area contributed by atoms with Crippen LogP contribution in [0.1, 0.15) is 33.1 Å². The molecule has 0 spiro atoms. The van der Waals surface area contributed by atoms with E-state index in [2.05, 4.69) is 25.8 Å². The molecule has 15 heavy (non-hydrogen) atoms. The minimum Gasteiger partial charge on any atom is -0.330 e. The first kappa shape index (κ1) is 11.4. The number of nitrogens with two attached hydrogens (primary N) is 1. The van der Waals surface area contributed by atoms with Gasteiger partial charge in [0, 0.05) is 13.1 Å². The summed E-state index contributed by atoms with van der Waals surface area (Å²) in [6.45, 7) is 8.35. The molecule has 0 radical (unpaired) electrons. The van der Waals surface area contributed by atoms with Crippen molar-refractivity contribution in [2.75, 3.05) is 26.7 Å². The van der Waals surface area contributed by atoms with Gasteiger partial charge in [0.25, 0.3) is 0 Å². The van der Waals surface area contributed by atoms with Crippen LogP contribution in [0.25, 0.3) is 0 Å². The number of piperidine rings is 1. The number of likely N-dealkylation sites (tertiary alicyclic amines) is 1. The zero-order valence-corrected chi connectivity index (χ0v) is 10.5. The van der Waals surface area contributed by atoms with Gasteiger partial charge in [-0.15, -0.1) is 0 Å². The van der Waals surface area contributed by atoms with Crippen LogP contribution in [0.15, 0.2) is 0 Å². The molecule has 1 aliphatic heterocycles. The van der Waals surface area contributed by atoms with Crippen molar-refractivity contribution < 1.29 is 0 Å². The molecule has 2 nitrogen and oxygen atoms in total. The van der Waals surface area contributed by atoms with Crippen LogP contribution in [0.2, 0.25) is 0 Å². The highest BCUT2D eigenvalue weighted by Gasteiger charge is 2.44. The van der Waals surface area contributed by atoms with Crippen LogP contribution in [-0.4, -0.2) is 31.6 Å². The summed E-state index contributed by atoms with van der Waals surface area (Å²) in [6.07, 6.45) is 4.05. The molecule has 1 aliphatic carbocycles. The lowest BCUT2D eigenvalue weighted by molar-refractivity contribution is -0.0220. The van der Waals surface area contributed by atoms with Gasteiger partial charge in [0.05, 0.1) is 0 Å². The Morgan fingerprint density at radius 3 is 2.20 bits per heavy atom. The van der Waals surface area contributed by atoms with Crippen molar-refractivity contribution in [2.24, 2.45) is 28.9 Å². The Hall–Kier alpha value is -0.0800. The van der Waals surface area contributed by atoms with E-state index in [0.717, 1.165) is 24.3 Å². The number of hydrogen-bond acceptors (Lipinski definition) is 2. The van der Waals surface area contributed by atoms with Crippen LogP contribution < -0.4 is 5.73 Å². The van der Waals surface area contributed by atoms with Crippen LogP contribution in [0.3, 0.4) is 0 Å². The molecule has 2 N–H and O–H groups in total. The summed E-state index contributed by atoms with van der Waals surface area (Å²) >= 11 is 0. The lowest BCUT2D eigenvalue weighted by Crippen LogP contribution is -2.51. The zero-order chi connectivity index (χ0) is 11.1. The van der Waals surface area contributed by atoms with Gasteiger partial charge in [-0.1, -0.05) is 13.8 Å². The van der Waals surface area contributed by atoms with E-state index in [1.54, 1.807) is 0 Å². The second-order valence-electron chi connectivity index (χ2n) is 6.56. The summed E-state index contributed by atoms with van der Waals surface area (Å²) in [5.74, 6) is 2.72. The summed E-state index contributed by atoms with van der Waals surface area (Å²) in [4.78, 5) is 2.53. The second-order valence-corrected chi connectivity index (χ2v) is 6.56. The minimum absolute atomic E-state index is 0.571. The molecular weight excluding hydrogens is 184 g/mol. The average Bonchev–Trinajstić information content (AvgIpc) is 2.06. The van der Waals surface area contributed by atoms with E-state index in [0.29, 0.717) is 5.41 Å². The van der Waals surface area contributed by atoms with Gasteiger partial charge in [0.15, 0.2) is 0 Å². The first-order valence-electron chi connectivity index (χ1n) is 6.40. The van der Waals surface area contributed by atoms with E-state index in [1.807, 2.05) is 0 Å². The standard InChI is InChI=1S/C13H26N2/c1-13(2)6-10-8-15(3)9-11(7-13)12(10)4-5-14/h10-12H,4-9,14H2,1-3H3. The first-order chi connectivity index (χ1) is 7.02. The Labute approximate surface area is 94.2 Å². The molecule has 0 aromatic carbocycles. The Morgan fingerprint density at radius 1 is 1.20 bits per heavy atom. The van der Waals surface area contributed by atoms with E-state index >= 15 is 0 Å². The lowest BCUT2D eigenvalue weighted by Gasteiger charge is -2.52. The highest BCUT2D eigenvalue weighted by molar-refractivity contribution is 4.95. The molecule has 1 saturated heterocycles. The summed E-state index contributed by atoms with van der Waals surface area (Å²) in [7, 11) is 2.27. The van der Waals surface area contributed by atoms with Crippen LogP contribution >= 0.6 is 0 Å². The second kappa shape index (κ2) is 4.06. The van der Waals surface area contributed by atoms with Crippen LogP contribution in [0.4, 0.5) is 0 Å². The number of fused-ring (bicyclic) bond motifs is 2. The van der Waals surface area contributed by atoms with Crippen molar-refractivity contribution in [2.45, 2.75) is 33.1 Å². The van der Waals surface area contributed by atoms with Crippen molar-refractivity contribution in [1.82, 2.24) is 4.90 Å². The van der Waals surface area contributed by atoms with Gasteiger partial charge in [-0.05, 0) is 56.0 Å². The Balaban J connectivity index is 2.10. The van der Waals surface area contributed by atoms with Gasteiger partial charge in [-0.25, -0.2) is 0 Å². The van der Waals surface area contributed by atoms with Crippen LogP contribution in [-0.2, 0) is 0 Å². The number of rotatable bonds is 2. The molecule has 2 atom stereocenters. The molecule has 1 heterocycles. The summed E-state index contributed by atoms with van der Waals surface area (Å²) in [6, 6.07) is 0. The topological polar surface area (TPSA) is 29.3 Å². The number of hydrogen-bond donors (Lipinski definition) is 1. The van der Waals surface area contributed by atoms with Gasteiger partial charge in [0.1, 0.15) is 0 Å². The van der Waals surface area contributed by atoms with E-state index in [-0.39, 0.29) is 0 Å². The predicted octanol–water partition coefficient (Wildman–Crippen LogP) is 1.95. The maximum atomic E-state index is 5.75. The first-order valence-corrected chi connectivity index (χ1v) is 6.40. The molecule has 2 aliphatic rings. The lowest BCUT2D eigenvalue weighted by atomic mass is 9.59.